The Morgan fingerprint density at radius 3 is 2.56 bits per heavy atom. The average Bonchev–Trinajstić information content (AvgIpc) is 2.15. The van der Waals surface area contributed by atoms with Gasteiger partial charge in [-0.15, -0.1) is 0 Å². The van der Waals surface area contributed by atoms with E-state index in [4.69, 9.17) is 4.43 Å². The zero-order chi connectivity index (χ0) is 12.0. The molecule has 3 rings (SSSR count). The van der Waals surface area contributed by atoms with E-state index < -0.39 is 8.32 Å². The first-order valence-corrected chi connectivity index (χ1v) is 10.0. The lowest BCUT2D eigenvalue weighted by molar-refractivity contribution is -0.00924. The molecule has 2 unspecified atom stereocenters. The molecular formula is C14H26OSi. The maximum atomic E-state index is 5.96. The van der Waals surface area contributed by atoms with Crippen LogP contribution in [0.25, 0.3) is 0 Å². The molecule has 0 spiro atoms. The van der Waals surface area contributed by atoms with Crippen LogP contribution in [0.5, 0.6) is 0 Å². The second kappa shape index (κ2) is 3.99. The fourth-order valence-corrected chi connectivity index (χ4v) is 3.95. The number of fused-ring (bicyclic) bond motifs is 1. The first kappa shape index (κ1) is 12.4. The molecule has 2 heteroatoms. The molecule has 0 aromatic heterocycles. The maximum absolute atomic E-state index is 5.96. The molecule has 92 valence electrons. The summed E-state index contributed by atoms with van der Waals surface area (Å²) in [6.07, 6.45) is 6.42. The summed E-state index contributed by atoms with van der Waals surface area (Å²) in [5.74, 6) is 1.82. The molecule has 0 radical (unpaired) electrons. The largest absolute Gasteiger partial charge is 0.417 e. The number of hydrogen-bond acceptors (Lipinski definition) is 1. The van der Waals surface area contributed by atoms with Crippen molar-refractivity contribution < 1.29 is 4.43 Å². The lowest BCUT2D eigenvalue weighted by Crippen LogP contribution is -2.48. The highest BCUT2D eigenvalue weighted by molar-refractivity contribution is 6.69. The molecule has 1 saturated carbocycles. The summed E-state index contributed by atoms with van der Waals surface area (Å²) in [5.41, 5.74) is 2.26. The third kappa shape index (κ3) is 2.28. The Kier molecular flexibility index (Phi) is 3.08. The van der Waals surface area contributed by atoms with Gasteiger partial charge in [0.1, 0.15) is 0 Å². The van der Waals surface area contributed by atoms with Crippen LogP contribution in [0.1, 0.15) is 33.1 Å². The van der Waals surface area contributed by atoms with Gasteiger partial charge in [-0.05, 0) is 56.2 Å². The van der Waals surface area contributed by atoms with Crippen molar-refractivity contribution in [3.8, 4) is 0 Å². The van der Waals surface area contributed by atoms with Gasteiger partial charge in [0.2, 0.25) is 0 Å². The van der Waals surface area contributed by atoms with E-state index in [0.29, 0.717) is 5.41 Å². The molecule has 1 fully saturated rings. The molecule has 0 heterocycles. The summed E-state index contributed by atoms with van der Waals surface area (Å²) in [6, 6.07) is 0. The fourth-order valence-electron chi connectivity index (χ4n) is 3.23. The monoisotopic (exact) mass is 238 g/mol. The lowest BCUT2D eigenvalue weighted by atomic mass is 9.48. The van der Waals surface area contributed by atoms with Gasteiger partial charge in [-0.2, -0.15) is 0 Å². The van der Waals surface area contributed by atoms with Crippen molar-refractivity contribution in [1.29, 1.82) is 0 Å². The lowest BCUT2D eigenvalue weighted by Gasteiger charge is -2.56. The van der Waals surface area contributed by atoms with E-state index in [1.165, 1.54) is 19.3 Å². The minimum atomic E-state index is -1.31. The van der Waals surface area contributed by atoms with Crippen molar-refractivity contribution in [2.24, 2.45) is 17.3 Å². The summed E-state index contributed by atoms with van der Waals surface area (Å²) in [7, 11) is -1.31. The van der Waals surface area contributed by atoms with Gasteiger partial charge in [0.15, 0.2) is 8.32 Å². The molecule has 0 amide bonds. The second-order valence-corrected chi connectivity index (χ2v) is 11.5. The topological polar surface area (TPSA) is 9.23 Å². The van der Waals surface area contributed by atoms with E-state index >= 15 is 0 Å². The molecule has 1 nitrogen and oxygen atoms in total. The van der Waals surface area contributed by atoms with Gasteiger partial charge in [-0.25, -0.2) is 0 Å². The molecular weight excluding hydrogens is 212 g/mol. The standard InChI is InChI=1S/C14H26OSi/c1-14(2)12-7-6-11(13(14)10-12)8-9-15-16(3,4)5/h6,12-13H,7-10H2,1-5H3. The molecule has 3 aliphatic rings. The van der Waals surface area contributed by atoms with Gasteiger partial charge in [-0.3, -0.25) is 0 Å². The molecule has 0 N–H and O–H groups in total. The van der Waals surface area contributed by atoms with E-state index in [1.807, 2.05) is 0 Å². The first-order chi connectivity index (χ1) is 7.31. The van der Waals surface area contributed by atoms with Gasteiger partial charge in [0, 0.05) is 6.61 Å². The van der Waals surface area contributed by atoms with Gasteiger partial charge >= 0.3 is 0 Å². The smallest absolute Gasteiger partial charge is 0.183 e. The zero-order valence-corrected chi connectivity index (χ0v) is 12.5. The molecule has 3 aliphatic carbocycles. The minimum absolute atomic E-state index is 0.573. The highest BCUT2D eigenvalue weighted by Crippen LogP contribution is 2.59. The van der Waals surface area contributed by atoms with E-state index in [9.17, 15) is 0 Å². The molecule has 16 heavy (non-hydrogen) atoms. The van der Waals surface area contributed by atoms with Crippen LogP contribution in [-0.4, -0.2) is 14.9 Å². The zero-order valence-electron chi connectivity index (χ0n) is 11.5. The normalized spacial score (nSPS) is 31.9. The Morgan fingerprint density at radius 2 is 2.06 bits per heavy atom. The van der Waals surface area contributed by atoms with Crippen molar-refractivity contribution in [1.82, 2.24) is 0 Å². The molecule has 2 atom stereocenters. The predicted molar refractivity (Wildman–Crippen MR) is 72.0 cm³/mol. The highest BCUT2D eigenvalue weighted by Gasteiger charge is 2.50. The number of hydrogen-bond donors (Lipinski definition) is 0. The second-order valence-electron chi connectivity index (χ2n) is 7.03. The van der Waals surface area contributed by atoms with Crippen LogP contribution in [0.3, 0.4) is 0 Å². The quantitative estimate of drug-likeness (QED) is 0.526. The summed E-state index contributed by atoms with van der Waals surface area (Å²) in [6.45, 7) is 12.6. The van der Waals surface area contributed by atoms with Gasteiger partial charge in [-0.1, -0.05) is 25.5 Å². The van der Waals surface area contributed by atoms with E-state index in [0.717, 1.165) is 18.4 Å². The fraction of sp³-hybridized carbons (Fsp3) is 0.857. The minimum Gasteiger partial charge on any atom is -0.417 e. The Balaban J connectivity index is 1.85. The third-order valence-electron chi connectivity index (χ3n) is 4.51. The molecule has 2 bridgehead atoms. The Hall–Kier alpha value is -0.0831. The van der Waals surface area contributed by atoms with Gasteiger partial charge in [0.25, 0.3) is 0 Å². The van der Waals surface area contributed by atoms with Crippen LogP contribution in [0.4, 0.5) is 0 Å². The summed E-state index contributed by atoms with van der Waals surface area (Å²) < 4.78 is 5.96. The molecule has 0 saturated heterocycles. The Morgan fingerprint density at radius 1 is 1.38 bits per heavy atom. The van der Waals surface area contributed by atoms with E-state index in [-0.39, 0.29) is 0 Å². The molecule has 0 aromatic rings. The summed E-state index contributed by atoms with van der Waals surface area (Å²) in [4.78, 5) is 0. The van der Waals surface area contributed by atoms with Crippen LogP contribution in [0.15, 0.2) is 11.6 Å². The van der Waals surface area contributed by atoms with Crippen molar-refractivity contribution >= 4 is 8.32 Å². The number of rotatable bonds is 4. The first-order valence-electron chi connectivity index (χ1n) is 6.63. The predicted octanol–water partition coefficient (Wildman–Crippen LogP) is 4.22. The Bertz CT molecular complexity index is 298. The Labute approximate surface area is 101 Å². The van der Waals surface area contributed by atoms with Gasteiger partial charge in [0.05, 0.1) is 0 Å². The molecule has 0 aromatic carbocycles. The van der Waals surface area contributed by atoms with Crippen LogP contribution in [0.2, 0.25) is 19.6 Å². The van der Waals surface area contributed by atoms with Crippen LogP contribution in [-0.2, 0) is 4.43 Å². The van der Waals surface area contributed by atoms with Crippen molar-refractivity contribution in [3.05, 3.63) is 11.6 Å². The van der Waals surface area contributed by atoms with E-state index in [1.54, 1.807) is 5.57 Å². The SMILES string of the molecule is CC1(C)C2CC=C(CCO[Si](C)(C)C)C1C2. The van der Waals surface area contributed by atoms with Gasteiger partial charge < -0.3 is 4.43 Å². The average molecular weight is 238 g/mol. The number of allylic oxidation sites excluding steroid dienone is 1. The maximum Gasteiger partial charge on any atom is 0.183 e. The highest BCUT2D eigenvalue weighted by atomic mass is 28.4. The van der Waals surface area contributed by atoms with Crippen molar-refractivity contribution in [2.75, 3.05) is 6.61 Å². The van der Waals surface area contributed by atoms with Crippen LogP contribution in [0, 0.1) is 17.3 Å². The van der Waals surface area contributed by atoms with E-state index in [2.05, 4.69) is 39.6 Å². The third-order valence-corrected chi connectivity index (χ3v) is 5.58. The van der Waals surface area contributed by atoms with Crippen molar-refractivity contribution in [2.45, 2.75) is 52.8 Å². The van der Waals surface area contributed by atoms with Crippen molar-refractivity contribution in [3.63, 3.8) is 0 Å². The van der Waals surface area contributed by atoms with Crippen LogP contribution >= 0.6 is 0 Å². The van der Waals surface area contributed by atoms with Crippen LogP contribution < -0.4 is 0 Å². The molecule has 0 aliphatic heterocycles. The summed E-state index contributed by atoms with van der Waals surface area (Å²) >= 11 is 0. The summed E-state index contributed by atoms with van der Waals surface area (Å²) in [5, 5.41) is 0.